The molecular formula is C14H20N4. The molecule has 0 bridgehead atoms. The molecule has 2 N–H and O–H groups in total. The lowest BCUT2D eigenvalue weighted by Crippen LogP contribution is -2.19. The minimum atomic E-state index is 0.805. The molecule has 2 aromatic rings. The first kappa shape index (κ1) is 12.6. The molecule has 0 spiro atoms. The second kappa shape index (κ2) is 5.69. The van der Waals surface area contributed by atoms with Crippen molar-refractivity contribution in [3.05, 3.63) is 48.0 Å². The van der Waals surface area contributed by atoms with Crippen LogP contribution in [0.3, 0.4) is 0 Å². The van der Waals surface area contributed by atoms with E-state index in [1.807, 2.05) is 30.6 Å². The number of benzene rings is 1. The van der Waals surface area contributed by atoms with Gasteiger partial charge in [-0.3, -0.25) is 0 Å². The van der Waals surface area contributed by atoms with Gasteiger partial charge in [0.25, 0.3) is 0 Å². The first-order valence-electron chi connectivity index (χ1n) is 6.14. The lowest BCUT2D eigenvalue weighted by molar-refractivity contribution is 0.381. The highest BCUT2D eigenvalue weighted by Crippen LogP contribution is 2.11. The maximum atomic E-state index is 5.79. The number of anilines is 1. The third-order valence-corrected chi connectivity index (χ3v) is 2.90. The number of nitrogens with two attached hydrogens (primary N) is 1. The van der Waals surface area contributed by atoms with Crippen LogP contribution in [-0.2, 0) is 13.0 Å². The Bertz CT molecular complexity index is 502. The van der Waals surface area contributed by atoms with E-state index in [-0.39, 0.29) is 0 Å². The monoisotopic (exact) mass is 244 g/mol. The molecule has 1 heterocycles. The Kier molecular flexibility index (Phi) is 3.99. The highest BCUT2D eigenvalue weighted by atomic mass is 15.1. The molecule has 2 rings (SSSR count). The molecule has 0 fully saturated rings. The first-order valence-corrected chi connectivity index (χ1v) is 6.14. The fraction of sp³-hybridized carbons (Fsp3) is 0.357. The molecule has 18 heavy (non-hydrogen) atoms. The standard InChI is InChI=1S/C14H20N4/c1-17(2)8-9-18-7-6-16-14(18)11-12-4-3-5-13(15)10-12/h3-7,10H,8-9,11,15H2,1-2H3. The largest absolute Gasteiger partial charge is 0.399 e. The summed E-state index contributed by atoms with van der Waals surface area (Å²) in [4.78, 5) is 6.59. The average molecular weight is 244 g/mol. The van der Waals surface area contributed by atoms with Crippen molar-refractivity contribution in [1.82, 2.24) is 14.5 Å². The van der Waals surface area contributed by atoms with Crippen LogP contribution < -0.4 is 5.73 Å². The highest BCUT2D eigenvalue weighted by Gasteiger charge is 2.04. The molecule has 0 unspecified atom stereocenters. The molecule has 0 saturated carbocycles. The predicted octanol–water partition coefficient (Wildman–Crippen LogP) is 1.62. The van der Waals surface area contributed by atoms with Crippen molar-refractivity contribution in [3.63, 3.8) is 0 Å². The van der Waals surface area contributed by atoms with Crippen LogP contribution in [0.1, 0.15) is 11.4 Å². The van der Waals surface area contributed by atoms with Gasteiger partial charge in [0, 0.05) is 37.6 Å². The van der Waals surface area contributed by atoms with Crippen molar-refractivity contribution in [2.24, 2.45) is 0 Å². The molecule has 96 valence electrons. The van der Waals surface area contributed by atoms with Gasteiger partial charge >= 0.3 is 0 Å². The summed E-state index contributed by atoms with van der Waals surface area (Å²) >= 11 is 0. The zero-order valence-corrected chi connectivity index (χ0v) is 11.0. The number of nitrogen functional groups attached to an aromatic ring is 1. The zero-order valence-electron chi connectivity index (χ0n) is 11.0. The van der Waals surface area contributed by atoms with Crippen molar-refractivity contribution < 1.29 is 0 Å². The van der Waals surface area contributed by atoms with Crippen LogP contribution in [0, 0.1) is 0 Å². The van der Waals surface area contributed by atoms with Crippen LogP contribution >= 0.6 is 0 Å². The lowest BCUT2D eigenvalue weighted by atomic mass is 10.1. The molecule has 0 radical (unpaired) electrons. The van der Waals surface area contributed by atoms with Gasteiger partial charge in [0.15, 0.2) is 0 Å². The number of hydrogen-bond acceptors (Lipinski definition) is 3. The molecule has 0 aliphatic heterocycles. The summed E-state index contributed by atoms with van der Waals surface area (Å²) < 4.78 is 2.20. The van der Waals surface area contributed by atoms with Crippen molar-refractivity contribution >= 4 is 5.69 Å². The van der Waals surface area contributed by atoms with E-state index in [4.69, 9.17) is 5.73 Å². The smallest absolute Gasteiger partial charge is 0.113 e. The van der Waals surface area contributed by atoms with Gasteiger partial charge in [-0.25, -0.2) is 4.98 Å². The van der Waals surface area contributed by atoms with E-state index in [2.05, 4.69) is 34.6 Å². The molecule has 4 heteroatoms. The Morgan fingerprint density at radius 2 is 2.17 bits per heavy atom. The van der Waals surface area contributed by atoms with Crippen LogP contribution in [0.25, 0.3) is 0 Å². The first-order chi connectivity index (χ1) is 8.65. The second-order valence-corrected chi connectivity index (χ2v) is 4.76. The van der Waals surface area contributed by atoms with E-state index in [0.717, 1.165) is 31.0 Å². The number of likely N-dealkylation sites (N-methyl/N-ethyl adjacent to an activating group) is 1. The Balaban J connectivity index is 2.07. The van der Waals surface area contributed by atoms with Gasteiger partial charge in [0.1, 0.15) is 5.82 Å². The minimum Gasteiger partial charge on any atom is -0.399 e. The van der Waals surface area contributed by atoms with Crippen molar-refractivity contribution in [2.75, 3.05) is 26.4 Å². The van der Waals surface area contributed by atoms with Crippen LogP contribution in [0.5, 0.6) is 0 Å². The van der Waals surface area contributed by atoms with Gasteiger partial charge in [0.2, 0.25) is 0 Å². The molecule has 4 nitrogen and oxygen atoms in total. The van der Waals surface area contributed by atoms with Crippen molar-refractivity contribution in [3.8, 4) is 0 Å². The number of nitrogens with zero attached hydrogens (tertiary/aromatic N) is 3. The van der Waals surface area contributed by atoms with Gasteiger partial charge in [-0.05, 0) is 31.8 Å². The van der Waals surface area contributed by atoms with E-state index in [0.29, 0.717) is 0 Å². The Labute approximate surface area is 108 Å². The maximum Gasteiger partial charge on any atom is 0.113 e. The van der Waals surface area contributed by atoms with Crippen LogP contribution in [0.2, 0.25) is 0 Å². The normalized spacial score (nSPS) is 11.1. The minimum absolute atomic E-state index is 0.805. The molecule has 1 aromatic heterocycles. The Hall–Kier alpha value is -1.81. The van der Waals surface area contributed by atoms with Crippen molar-refractivity contribution in [2.45, 2.75) is 13.0 Å². The maximum absolute atomic E-state index is 5.79. The fourth-order valence-electron chi connectivity index (χ4n) is 1.90. The summed E-state index contributed by atoms with van der Waals surface area (Å²) in [5, 5.41) is 0. The van der Waals surface area contributed by atoms with Gasteiger partial charge in [-0.2, -0.15) is 0 Å². The molecule has 0 amide bonds. The van der Waals surface area contributed by atoms with Gasteiger partial charge in [0.05, 0.1) is 0 Å². The summed E-state index contributed by atoms with van der Waals surface area (Å²) in [6, 6.07) is 7.98. The number of rotatable bonds is 5. The fourth-order valence-corrected chi connectivity index (χ4v) is 1.90. The quantitative estimate of drug-likeness (QED) is 0.813. The third-order valence-electron chi connectivity index (χ3n) is 2.90. The molecule has 0 aliphatic carbocycles. The van der Waals surface area contributed by atoms with E-state index in [1.54, 1.807) is 0 Å². The number of aromatic nitrogens is 2. The summed E-state index contributed by atoms with van der Waals surface area (Å²) in [5.41, 5.74) is 7.80. The summed E-state index contributed by atoms with van der Waals surface area (Å²) in [7, 11) is 4.16. The molecular weight excluding hydrogens is 224 g/mol. The number of hydrogen-bond donors (Lipinski definition) is 1. The highest BCUT2D eigenvalue weighted by molar-refractivity contribution is 5.41. The summed E-state index contributed by atoms with van der Waals surface area (Å²) in [5.74, 6) is 1.09. The van der Waals surface area contributed by atoms with E-state index < -0.39 is 0 Å². The van der Waals surface area contributed by atoms with Crippen LogP contribution in [0.4, 0.5) is 5.69 Å². The van der Waals surface area contributed by atoms with Gasteiger partial charge < -0.3 is 15.2 Å². The van der Waals surface area contributed by atoms with Crippen LogP contribution in [-0.4, -0.2) is 35.1 Å². The molecule has 0 saturated heterocycles. The Morgan fingerprint density at radius 1 is 1.33 bits per heavy atom. The van der Waals surface area contributed by atoms with Crippen molar-refractivity contribution in [1.29, 1.82) is 0 Å². The summed E-state index contributed by atoms with van der Waals surface area (Å²) in [6.45, 7) is 1.98. The van der Waals surface area contributed by atoms with E-state index >= 15 is 0 Å². The molecule has 0 aliphatic rings. The molecule has 0 atom stereocenters. The average Bonchev–Trinajstić information content (AvgIpc) is 2.74. The van der Waals surface area contributed by atoms with Crippen LogP contribution in [0.15, 0.2) is 36.7 Å². The number of imidazole rings is 1. The lowest BCUT2D eigenvalue weighted by Gasteiger charge is -2.12. The van der Waals surface area contributed by atoms with E-state index in [9.17, 15) is 0 Å². The zero-order chi connectivity index (χ0) is 13.0. The van der Waals surface area contributed by atoms with E-state index in [1.165, 1.54) is 5.56 Å². The predicted molar refractivity (Wildman–Crippen MR) is 74.4 cm³/mol. The Morgan fingerprint density at radius 3 is 2.89 bits per heavy atom. The molecule has 1 aromatic carbocycles. The second-order valence-electron chi connectivity index (χ2n) is 4.76. The topological polar surface area (TPSA) is 47.1 Å². The van der Waals surface area contributed by atoms with Gasteiger partial charge in [-0.1, -0.05) is 12.1 Å². The summed E-state index contributed by atoms with van der Waals surface area (Å²) in [6.07, 6.45) is 4.72. The van der Waals surface area contributed by atoms with Gasteiger partial charge in [-0.15, -0.1) is 0 Å². The third kappa shape index (κ3) is 3.34. The SMILES string of the molecule is CN(C)CCn1ccnc1Cc1cccc(N)c1.